The zero-order valence-corrected chi connectivity index (χ0v) is 24.0. The maximum atomic E-state index is 13.7. The van der Waals surface area contributed by atoms with Gasteiger partial charge in [-0.3, -0.25) is 14.2 Å². The lowest BCUT2D eigenvalue weighted by Gasteiger charge is -2.21. The van der Waals surface area contributed by atoms with Gasteiger partial charge in [0.2, 0.25) is 0 Å². The Hall–Kier alpha value is -3.34. The van der Waals surface area contributed by atoms with Crippen LogP contribution in [0.3, 0.4) is 0 Å². The standard InChI is InChI=1S/C28H28ClN5O3S2/c1-3-33(4-2)20-11-8-17(22(35)14-20)15-30-32-24(36)16-38-28-31-26-25(21-6-5-7-23(21)39-26)27(37)34(28)19-12-9-18(29)10-13-19/h8-15,35H,3-7,16H2,1-2H3,(H,32,36)/b30-15+. The Kier molecular flexibility index (Phi) is 8.25. The molecule has 0 spiro atoms. The molecule has 0 unspecified atom stereocenters. The molecular weight excluding hydrogens is 554 g/mol. The number of thioether (sulfide) groups is 1. The number of nitrogens with zero attached hydrogens (tertiary/aromatic N) is 4. The first-order valence-electron chi connectivity index (χ1n) is 12.8. The van der Waals surface area contributed by atoms with Crippen molar-refractivity contribution in [3.05, 3.63) is 73.8 Å². The lowest BCUT2D eigenvalue weighted by molar-refractivity contribution is -0.118. The summed E-state index contributed by atoms with van der Waals surface area (Å²) in [5.41, 5.74) is 5.52. The van der Waals surface area contributed by atoms with Gasteiger partial charge < -0.3 is 10.0 Å². The van der Waals surface area contributed by atoms with Crippen molar-refractivity contribution in [3.63, 3.8) is 0 Å². The predicted molar refractivity (Wildman–Crippen MR) is 160 cm³/mol. The van der Waals surface area contributed by atoms with Gasteiger partial charge in [-0.25, -0.2) is 10.4 Å². The van der Waals surface area contributed by atoms with E-state index in [1.807, 2.05) is 6.07 Å². The molecule has 39 heavy (non-hydrogen) atoms. The van der Waals surface area contributed by atoms with Crippen LogP contribution in [0.4, 0.5) is 5.69 Å². The van der Waals surface area contributed by atoms with Crippen LogP contribution in [0.2, 0.25) is 5.02 Å². The molecule has 0 aliphatic heterocycles. The molecule has 0 bridgehead atoms. The van der Waals surface area contributed by atoms with E-state index in [4.69, 9.17) is 16.6 Å². The fourth-order valence-electron chi connectivity index (χ4n) is 4.70. The van der Waals surface area contributed by atoms with E-state index in [0.29, 0.717) is 31.6 Å². The van der Waals surface area contributed by atoms with E-state index >= 15 is 0 Å². The minimum atomic E-state index is -0.360. The summed E-state index contributed by atoms with van der Waals surface area (Å²) in [5, 5.41) is 16.1. The monoisotopic (exact) mass is 581 g/mol. The van der Waals surface area contributed by atoms with Crippen molar-refractivity contribution < 1.29 is 9.90 Å². The van der Waals surface area contributed by atoms with Gasteiger partial charge in [0, 0.05) is 40.3 Å². The summed E-state index contributed by atoms with van der Waals surface area (Å²) in [6.07, 6.45) is 4.30. The molecule has 2 aromatic carbocycles. The van der Waals surface area contributed by atoms with Crippen molar-refractivity contribution in [2.24, 2.45) is 5.10 Å². The Bertz CT molecular complexity index is 1610. The molecule has 11 heteroatoms. The first-order valence-corrected chi connectivity index (χ1v) is 14.9. The lowest BCUT2D eigenvalue weighted by Crippen LogP contribution is -2.24. The summed E-state index contributed by atoms with van der Waals surface area (Å²) in [7, 11) is 0. The topological polar surface area (TPSA) is 99.8 Å². The number of fused-ring (bicyclic) bond motifs is 3. The van der Waals surface area contributed by atoms with E-state index in [1.165, 1.54) is 22.9 Å². The number of carbonyl (C=O) groups excluding carboxylic acids is 1. The number of aromatic hydroxyl groups is 1. The molecule has 1 amide bonds. The van der Waals surface area contributed by atoms with E-state index < -0.39 is 0 Å². The summed E-state index contributed by atoms with van der Waals surface area (Å²) < 4.78 is 1.56. The molecule has 2 aromatic heterocycles. The van der Waals surface area contributed by atoms with Gasteiger partial charge in [-0.05, 0) is 75.1 Å². The number of amides is 1. The molecule has 0 radical (unpaired) electrons. The van der Waals surface area contributed by atoms with Crippen LogP contribution >= 0.6 is 34.7 Å². The number of halogens is 1. The van der Waals surface area contributed by atoms with Crippen LogP contribution in [0.25, 0.3) is 15.9 Å². The number of aryl methyl sites for hydroxylation is 2. The molecule has 5 rings (SSSR count). The third-order valence-electron chi connectivity index (χ3n) is 6.66. The highest BCUT2D eigenvalue weighted by Crippen LogP contribution is 2.36. The van der Waals surface area contributed by atoms with E-state index in [0.717, 1.165) is 43.6 Å². The maximum Gasteiger partial charge on any atom is 0.267 e. The fraction of sp³-hybridized carbons (Fsp3) is 0.286. The molecule has 2 heterocycles. The van der Waals surface area contributed by atoms with Gasteiger partial charge in [-0.2, -0.15) is 5.10 Å². The number of hydrazone groups is 1. The summed E-state index contributed by atoms with van der Waals surface area (Å²) in [6.45, 7) is 5.77. The van der Waals surface area contributed by atoms with Crippen molar-refractivity contribution >= 4 is 62.7 Å². The first kappa shape index (κ1) is 27.2. The van der Waals surface area contributed by atoms with E-state index in [-0.39, 0.29) is 23.0 Å². The largest absolute Gasteiger partial charge is 0.507 e. The van der Waals surface area contributed by atoms with Gasteiger partial charge >= 0.3 is 0 Å². The van der Waals surface area contributed by atoms with Gasteiger partial charge in [-0.15, -0.1) is 11.3 Å². The van der Waals surface area contributed by atoms with Gasteiger partial charge in [-0.1, -0.05) is 23.4 Å². The van der Waals surface area contributed by atoms with Crippen LogP contribution in [0.5, 0.6) is 5.75 Å². The second-order valence-electron chi connectivity index (χ2n) is 9.05. The molecule has 1 aliphatic rings. The van der Waals surface area contributed by atoms with Gasteiger partial charge in [0.1, 0.15) is 10.6 Å². The van der Waals surface area contributed by atoms with Gasteiger partial charge in [0.25, 0.3) is 11.5 Å². The molecule has 8 nitrogen and oxygen atoms in total. The predicted octanol–water partition coefficient (Wildman–Crippen LogP) is 5.38. The van der Waals surface area contributed by atoms with Crippen LogP contribution < -0.4 is 15.9 Å². The summed E-state index contributed by atoms with van der Waals surface area (Å²) in [6, 6.07) is 12.4. The van der Waals surface area contributed by atoms with Gasteiger partial charge in [0.15, 0.2) is 5.16 Å². The maximum absolute atomic E-state index is 13.7. The lowest BCUT2D eigenvalue weighted by atomic mass is 10.2. The van der Waals surface area contributed by atoms with Crippen molar-refractivity contribution in [2.45, 2.75) is 38.3 Å². The molecular formula is C28H28ClN5O3S2. The Balaban J connectivity index is 1.34. The van der Waals surface area contributed by atoms with E-state index in [1.54, 1.807) is 52.3 Å². The average Bonchev–Trinajstić information content (AvgIpc) is 3.51. The SMILES string of the molecule is CCN(CC)c1ccc(/C=N/NC(=O)CSc2nc3sc4c(c3c(=O)n2-c2ccc(Cl)cc2)CCC4)c(O)c1. The Morgan fingerprint density at radius 3 is 2.72 bits per heavy atom. The third-order valence-corrected chi connectivity index (χ3v) is 9.04. The molecule has 2 N–H and O–H groups in total. The average molecular weight is 582 g/mol. The number of rotatable bonds is 9. The molecule has 0 atom stereocenters. The smallest absolute Gasteiger partial charge is 0.267 e. The highest BCUT2D eigenvalue weighted by atomic mass is 35.5. The number of phenols is 1. The minimum absolute atomic E-state index is 0.000839. The quantitative estimate of drug-likeness (QED) is 0.119. The number of hydrogen-bond acceptors (Lipinski definition) is 8. The van der Waals surface area contributed by atoms with Crippen molar-refractivity contribution in [1.82, 2.24) is 15.0 Å². The van der Waals surface area contributed by atoms with Crippen molar-refractivity contribution in [2.75, 3.05) is 23.7 Å². The number of phenolic OH excluding ortho intramolecular Hbond substituents is 1. The highest BCUT2D eigenvalue weighted by Gasteiger charge is 2.24. The molecule has 0 saturated heterocycles. The van der Waals surface area contributed by atoms with Crippen LogP contribution in [0, 0.1) is 0 Å². The van der Waals surface area contributed by atoms with Gasteiger partial charge in [0.05, 0.1) is 23.0 Å². The Morgan fingerprint density at radius 2 is 2.00 bits per heavy atom. The molecule has 0 fully saturated rings. The van der Waals surface area contributed by atoms with Crippen molar-refractivity contribution in [1.29, 1.82) is 0 Å². The van der Waals surface area contributed by atoms with Crippen molar-refractivity contribution in [3.8, 4) is 11.4 Å². The minimum Gasteiger partial charge on any atom is -0.507 e. The fourth-order valence-corrected chi connectivity index (χ4v) is 6.94. The Morgan fingerprint density at radius 1 is 1.23 bits per heavy atom. The van der Waals surface area contributed by atoms with Crippen LogP contribution in [-0.2, 0) is 17.6 Å². The van der Waals surface area contributed by atoms with Crippen LogP contribution in [0.15, 0.2) is 57.5 Å². The summed E-state index contributed by atoms with van der Waals surface area (Å²) >= 11 is 8.81. The molecule has 1 aliphatic carbocycles. The number of benzene rings is 2. The summed E-state index contributed by atoms with van der Waals surface area (Å²) in [4.78, 5) is 35.2. The molecule has 4 aromatic rings. The number of thiophene rings is 1. The van der Waals surface area contributed by atoms with E-state index in [2.05, 4.69) is 29.3 Å². The summed E-state index contributed by atoms with van der Waals surface area (Å²) in [5.74, 6) is -0.277. The number of carbonyl (C=O) groups is 1. The normalized spacial score (nSPS) is 12.8. The number of hydrogen-bond donors (Lipinski definition) is 2. The van der Waals surface area contributed by atoms with E-state index in [9.17, 15) is 14.7 Å². The van der Waals surface area contributed by atoms with Crippen LogP contribution in [-0.4, -0.2) is 45.6 Å². The highest BCUT2D eigenvalue weighted by molar-refractivity contribution is 7.99. The number of aromatic nitrogens is 2. The number of nitrogens with one attached hydrogen (secondary N) is 1. The Labute approximate surface area is 239 Å². The van der Waals surface area contributed by atoms with Crippen LogP contribution in [0.1, 0.15) is 36.3 Å². The zero-order chi connectivity index (χ0) is 27.5. The zero-order valence-electron chi connectivity index (χ0n) is 21.6. The number of anilines is 1. The second-order valence-corrected chi connectivity index (χ2v) is 11.5. The molecule has 202 valence electrons. The molecule has 0 saturated carbocycles. The third kappa shape index (κ3) is 5.68. The first-order chi connectivity index (χ1) is 18.9. The second kappa shape index (κ2) is 11.8.